The molecular formula is C16H28O11. The Hall–Kier alpha value is -0.440. The third kappa shape index (κ3) is 4.77. The van der Waals surface area contributed by atoms with Crippen molar-refractivity contribution in [1.82, 2.24) is 0 Å². The lowest BCUT2D eigenvalue weighted by Gasteiger charge is -2.25. The molecule has 0 aromatic heterocycles. The Balaban J connectivity index is 1.55. The first-order chi connectivity index (χ1) is 13.0. The number of aliphatic hydroxyl groups excluding tert-OH is 5. The Kier molecular flexibility index (Phi) is 7.38. The number of rotatable bonds is 8. The van der Waals surface area contributed by atoms with Gasteiger partial charge < -0.3 is 54.0 Å². The van der Waals surface area contributed by atoms with Gasteiger partial charge in [-0.2, -0.15) is 0 Å². The van der Waals surface area contributed by atoms with Gasteiger partial charge in [0.05, 0.1) is 32.0 Å². The molecule has 0 aromatic carbocycles. The lowest BCUT2D eigenvalue weighted by Crippen LogP contribution is -2.41. The quantitative estimate of drug-likeness (QED) is 0.286. The minimum absolute atomic E-state index is 0.0180. The normalized spacial score (nSPS) is 47.8. The molecule has 5 N–H and O–H groups in total. The Labute approximate surface area is 156 Å². The maximum atomic E-state index is 10.4. The van der Waals surface area contributed by atoms with E-state index in [0.717, 1.165) is 0 Å². The van der Waals surface area contributed by atoms with E-state index >= 15 is 0 Å². The fourth-order valence-corrected chi connectivity index (χ4v) is 3.48. The predicted octanol–water partition coefficient (Wildman–Crippen LogP) is -2.94. The molecule has 0 saturated carbocycles. The maximum Gasteiger partial charge on any atom is 0.186 e. The molecule has 3 fully saturated rings. The van der Waals surface area contributed by atoms with Crippen LogP contribution in [0.4, 0.5) is 0 Å². The average molecular weight is 396 g/mol. The van der Waals surface area contributed by atoms with E-state index in [1.807, 2.05) is 0 Å². The van der Waals surface area contributed by atoms with Crippen LogP contribution in [0, 0.1) is 0 Å². The van der Waals surface area contributed by atoms with Gasteiger partial charge in [0, 0.05) is 20.0 Å². The molecule has 0 unspecified atom stereocenters. The van der Waals surface area contributed by atoms with Crippen molar-refractivity contribution in [3.63, 3.8) is 0 Å². The van der Waals surface area contributed by atoms with Crippen LogP contribution in [-0.4, -0.2) is 114 Å². The summed E-state index contributed by atoms with van der Waals surface area (Å²) >= 11 is 0. The zero-order chi connectivity index (χ0) is 19.6. The molecule has 0 aromatic rings. The van der Waals surface area contributed by atoms with Crippen molar-refractivity contribution in [3.8, 4) is 0 Å². The summed E-state index contributed by atoms with van der Waals surface area (Å²) in [6, 6.07) is 0. The molecular weight excluding hydrogens is 368 g/mol. The number of methoxy groups -OCH3 is 1. The molecule has 0 amide bonds. The second-order valence-electron chi connectivity index (χ2n) is 6.88. The minimum Gasteiger partial charge on any atom is -0.394 e. The molecule has 158 valence electrons. The predicted molar refractivity (Wildman–Crippen MR) is 85.2 cm³/mol. The highest BCUT2D eigenvalue weighted by atomic mass is 16.8. The molecule has 11 heteroatoms. The van der Waals surface area contributed by atoms with Gasteiger partial charge in [0.15, 0.2) is 18.9 Å². The molecule has 11 nitrogen and oxygen atoms in total. The van der Waals surface area contributed by atoms with E-state index in [4.69, 9.17) is 38.6 Å². The largest absolute Gasteiger partial charge is 0.394 e. The highest BCUT2D eigenvalue weighted by molar-refractivity contribution is 4.90. The van der Waals surface area contributed by atoms with Crippen molar-refractivity contribution in [2.45, 2.75) is 74.4 Å². The van der Waals surface area contributed by atoms with Crippen LogP contribution in [0.25, 0.3) is 0 Å². The molecule has 0 aliphatic carbocycles. The van der Waals surface area contributed by atoms with Crippen LogP contribution < -0.4 is 0 Å². The summed E-state index contributed by atoms with van der Waals surface area (Å²) in [5, 5.41) is 48.2. The highest BCUT2D eigenvalue weighted by Crippen LogP contribution is 2.31. The van der Waals surface area contributed by atoms with E-state index in [1.165, 1.54) is 7.11 Å². The lowest BCUT2D eigenvalue weighted by molar-refractivity contribution is -0.207. The molecule has 0 spiro atoms. The van der Waals surface area contributed by atoms with Crippen molar-refractivity contribution in [3.05, 3.63) is 0 Å². The molecule has 0 bridgehead atoms. The van der Waals surface area contributed by atoms with Gasteiger partial charge in [-0.15, -0.1) is 0 Å². The Morgan fingerprint density at radius 1 is 0.852 bits per heavy atom. The van der Waals surface area contributed by atoms with Crippen LogP contribution in [-0.2, 0) is 28.4 Å². The fourth-order valence-electron chi connectivity index (χ4n) is 3.48. The standard InChI is InChI=1S/C16H28O11/c1-22-16-14(21)15(27-13-3-8(20)10(5-18)25-13)11(26-16)6-23-12-2-7(19)9(4-17)24-12/h7-21H,2-6H2,1H3/t7-,8-,9+,10+,11+,12-,13+,14-,15+,16-/m0/s1. The monoisotopic (exact) mass is 396 g/mol. The molecule has 3 saturated heterocycles. The molecule has 3 aliphatic heterocycles. The smallest absolute Gasteiger partial charge is 0.186 e. The second-order valence-corrected chi connectivity index (χ2v) is 6.88. The van der Waals surface area contributed by atoms with E-state index in [0.29, 0.717) is 0 Å². The minimum atomic E-state index is -1.11. The number of ether oxygens (including phenoxy) is 6. The van der Waals surface area contributed by atoms with E-state index in [2.05, 4.69) is 0 Å². The SMILES string of the molecule is CO[C@H]1O[C@H](CO[C@@H]2C[C@H](O)[C@@H](CO)O2)[C@@H](O[C@@H]2C[C@H](O)[C@@H](CO)O2)[C@@H]1O. The second kappa shape index (κ2) is 9.37. The molecule has 3 aliphatic rings. The van der Waals surface area contributed by atoms with Gasteiger partial charge in [0.2, 0.25) is 0 Å². The first-order valence-corrected chi connectivity index (χ1v) is 8.99. The van der Waals surface area contributed by atoms with Crippen LogP contribution in [0.1, 0.15) is 12.8 Å². The zero-order valence-electron chi connectivity index (χ0n) is 15.0. The van der Waals surface area contributed by atoms with Crippen LogP contribution in [0.5, 0.6) is 0 Å². The van der Waals surface area contributed by atoms with Crippen molar-refractivity contribution < 1.29 is 54.0 Å². The van der Waals surface area contributed by atoms with Crippen molar-refractivity contribution in [1.29, 1.82) is 0 Å². The van der Waals surface area contributed by atoms with E-state index in [1.54, 1.807) is 0 Å². The number of hydrogen-bond acceptors (Lipinski definition) is 11. The van der Waals surface area contributed by atoms with Crippen molar-refractivity contribution >= 4 is 0 Å². The van der Waals surface area contributed by atoms with Gasteiger partial charge >= 0.3 is 0 Å². The first-order valence-electron chi connectivity index (χ1n) is 8.99. The zero-order valence-corrected chi connectivity index (χ0v) is 15.0. The van der Waals surface area contributed by atoms with Gasteiger partial charge in [0.25, 0.3) is 0 Å². The van der Waals surface area contributed by atoms with Gasteiger partial charge in [-0.3, -0.25) is 0 Å². The fraction of sp³-hybridized carbons (Fsp3) is 1.00. The van der Waals surface area contributed by atoms with Crippen LogP contribution in [0.3, 0.4) is 0 Å². The summed E-state index contributed by atoms with van der Waals surface area (Å²) in [6.07, 6.45) is -7.93. The lowest BCUT2D eigenvalue weighted by atomic mass is 10.1. The van der Waals surface area contributed by atoms with Gasteiger partial charge in [-0.25, -0.2) is 0 Å². The third-order valence-electron chi connectivity index (χ3n) is 5.02. The van der Waals surface area contributed by atoms with Gasteiger partial charge in [-0.1, -0.05) is 0 Å². The highest BCUT2D eigenvalue weighted by Gasteiger charge is 2.48. The first kappa shape index (κ1) is 21.3. The molecule has 3 heterocycles. The summed E-state index contributed by atoms with van der Waals surface area (Å²) in [6.45, 7) is -0.675. The number of aliphatic hydroxyl groups is 5. The Morgan fingerprint density at radius 2 is 1.44 bits per heavy atom. The van der Waals surface area contributed by atoms with Crippen molar-refractivity contribution in [2.75, 3.05) is 26.9 Å². The van der Waals surface area contributed by atoms with Crippen LogP contribution in [0.2, 0.25) is 0 Å². The van der Waals surface area contributed by atoms with E-state index < -0.39 is 61.6 Å². The Morgan fingerprint density at radius 3 is 2.00 bits per heavy atom. The topological polar surface area (TPSA) is 157 Å². The van der Waals surface area contributed by atoms with E-state index in [9.17, 15) is 15.3 Å². The molecule has 27 heavy (non-hydrogen) atoms. The molecule has 3 rings (SSSR count). The summed E-state index contributed by atoms with van der Waals surface area (Å²) in [5.41, 5.74) is 0. The Bertz CT molecular complexity index is 466. The summed E-state index contributed by atoms with van der Waals surface area (Å²) in [4.78, 5) is 0. The summed E-state index contributed by atoms with van der Waals surface area (Å²) in [7, 11) is 1.38. The summed E-state index contributed by atoms with van der Waals surface area (Å²) < 4.78 is 32.8. The average Bonchev–Trinajstić information content (AvgIpc) is 3.29. The van der Waals surface area contributed by atoms with E-state index in [-0.39, 0.29) is 32.7 Å². The molecule has 10 atom stereocenters. The van der Waals surface area contributed by atoms with Gasteiger partial charge in [0.1, 0.15) is 30.5 Å². The van der Waals surface area contributed by atoms with Gasteiger partial charge in [-0.05, 0) is 0 Å². The van der Waals surface area contributed by atoms with Crippen molar-refractivity contribution in [2.24, 2.45) is 0 Å². The molecule has 0 radical (unpaired) electrons. The van der Waals surface area contributed by atoms with Crippen LogP contribution >= 0.6 is 0 Å². The number of hydrogen-bond donors (Lipinski definition) is 5. The summed E-state index contributed by atoms with van der Waals surface area (Å²) in [5.74, 6) is 0. The maximum absolute atomic E-state index is 10.4. The third-order valence-corrected chi connectivity index (χ3v) is 5.02. The van der Waals surface area contributed by atoms with Crippen LogP contribution in [0.15, 0.2) is 0 Å².